The predicted octanol–water partition coefficient (Wildman–Crippen LogP) is 1.07. The molecule has 0 unspecified atom stereocenters. The van der Waals surface area contributed by atoms with Crippen LogP contribution in [-0.2, 0) is 17.1 Å². The van der Waals surface area contributed by atoms with Gasteiger partial charge in [0.05, 0.1) is 22.9 Å². The van der Waals surface area contributed by atoms with Gasteiger partial charge in [-0.05, 0) is 37.7 Å². The van der Waals surface area contributed by atoms with Crippen molar-refractivity contribution in [2.45, 2.75) is 36.6 Å². The van der Waals surface area contributed by atoms with Crippen molar-refractivity contribution in [3.05, 3.63) is 50.4 Å². The van der Waals surface area contributed by atoms with Crippen LogP contribution in [0, 0.1) is 5.92 Å². The predicted molar refractivity (Wildman–Crippen MR) is 127 cm³/mol. The first-order valence-electron chi connectivity index (χ1n) is 11.1. The van der Waals surface area contributed by atoms with E-state index in [1.165, 1.54) is 34.8 Å². The van der Waals surface area contributed by atoms with Crippen molar-refractivity contribution in [3.8, 4) is 0 Å². The van der Waals surface area contributed by atoms with Crippen LogP contribution < -0.4 is 20.7 Å². The van der Waals surface area contributed by atoms with E-state index in [9.17, 15) is 18.0 Å². The van der Waals surface area contributed by atoms with Crippen LogP contribution >= 0.6 is 11.6 Å². The zero-order valence-electron chi connectivity index (χ0n) is 18.5. The number of aryl methyl sites for hydroxylation is 1. The van der Waals surface area contributed by atoms with E-state index in [1.807, 2.05) is 4.90 Å². The summed E-state index contributed by atoms with van der Waals surface area (Å²) in [5.41, 5.74) is -0.336. The molecule has 3 aromatic rings. The van der Waals surface area contributed by atoms with Crippen molar-refractivity contribution < 1.29 is 8.42 Å². The van der Waals surface area contributed by atoms with Gasteiger partial charge in [0.15, 0.2) is 5.65 Å². The summed E-state index contributed by atoms with van der Waals surface area (Å²) in [7, 11) is -2.10. The highest BCUT2D eigenvalue weighted by atomic mass is 35.5. The number of nitrogens with one attached hydrogen (secondary N) is 1. The van der Waals surface area contributed by atoms with Crippen LogP contribution in [0.15, 0.2) is 39.1 Å². The molecule has 0 radical (unpaired) electrons. The second-order valence-corrected chi connectivity index (χ2v) is 11.0. The lowest BCUT2D eigenvalue weighted by molar-refractivity contribution is 0.389. The van der Waals surface area contributed by atoms with Crippen LogP contribution in [0.3, 0.4) is 0 Å². The lowest BCUT2D eigenvalue weighted by atomic mass is 10.0. The number of pyridine rings is 1. The molecular formula is C21H24ClN7O4S. The Morgan fingerprint density at radius 1 is 1.03 bits per heavy atom. The number of halogens is 1. The second kappa shape index (κ2) is 8.75. The first-order valence-corrected chi connectivity index (χ1v) is 12.9. The molecule has 34 heavy (non-hydrogen) atoms. The summed E-state index contributed by atoms with van der Waals surface area (Å²) < 4.78 is 30.1. The number of rotatable bonds is 6. The molecule has 0 spiro atoms. The van der Waals surface area contributed by atoms with E-state index < -0.39 is 21.1 Å². The van der Waals surface area contributed by atoms with Gasteiger partial charge in [-0.2, -0.15) is 0 Å². The Labute approximate surface area is 200 Å². The minimum absolute atomic E-state index is 0.0367. The van der Waals surface area contributed by atoms with E-state index in [0.29, 0.717) is 60.5 Å². The fourth-order valence-electron chi connectivity index (χ4n) is 4.21. The van der Waals surface area contributed by atoms with Crippen LogP contribution in [0.5, 0.6) is 0 Å². The number of anilines is 1. The summed E-state index contributed by atoms with van der Waals surface area (Å²) in [6.07, 6.45) is 7.33. The minimum Gasteiger partial charge on any atom is -0.341 e. The van der Waals surface area contributed by atoms with Crippen LogP contribution in [0.4, 0.5) is 5.95 Å². The molecule has 1 aliphatic carbocycles. The topological polar surface area (TPSA) is 132 Å². The van der Waals surface area contributed by atoms with Crippen LogP contribution in [0.2, 0.25) is 5.02 Å². The summed E-state index contributed by atoms with van der Waals surface area (Å²) in [6.45, 7) is 1.51. The second-order valence-electron chi connectivity index (χ2n) is 8.77. The van der Waals surface area contributed by atoms with Gasteiger partial charge in [0, 0.05) is 38.9 Å². The molecule has 1 aliphatic heterocycles. The largest absolute Gasteiger partial charge is 0.341 e. The maximum absolute atomic E-state index is 12.8. The van der Waals surface area contributed by atoms with E-state index in [-0.39, 0.29) is 10.9 Å². The Morgan fingerprint density at radius 2 is 1.71 bits per heavy atom. The van der Waals surface area contributed by atoms with E-state index >= 15 is 0 Å². The molecule has 11 nitrogen and oxygen atoms in total. The van der Waals surface area contributed by atoms with E-state index in [2.05, 4.69) is 19.7 Å². The van der Waals surface area contributed by atoms with Crippen LogP contribution in [0.1, 0.15) is 31.7 Å². The lowest BCUT2D eigenvalue weighted by Crippen LogP contribution is -2.45. The first kappa shape index (κ1) is 22.9. The lowest BCUT2D eigenvalue weighted by Gasteiger charge is -2.33. The number of hydrogen-bond donors (Lipinski definition) is 1. The average molecular weight is 506 g/mol. The Bertz CT molecular complexity index is 1460. The summed E-state index contributed by atoms with van der Waals surface area (Å²) >= 11 is 6.05. The fraction of sp³-hybridized carbons (Fsp3) is 0.476. The minimum atomic E-state index is -3.62. The SMILES string of the molecule is Cn1c(=O)c(=O)n(C2CCN(c3ncc(S(=O)(=O)NCC4CC4)cn3)CC2)c2ncc(Cl)cc21. The van der Waals surface area contributed by atoms with E-state index in [1.54, 1.807) is 6.07 Å². The third kappa shape index (κ3) is 4.32. The molecule has 180 valence electrons. The van der Waals surface area contributed by atoms with Crippen molar-refractivity contribution in [2.24, 2.45) is 13.0 Å². The highest BCUT2D eigenvalue weighted by molar-refractivity contribution is 7.89. The smallest absolute Gasteiger partial charge is 0.318 e. The molecule has 0 aromatic carbocycles. The van der Waals surface area contributed by atoms with Gasteiger partial charge in [0.25, 0.3) is 0 Å². The normalized spacial score (nSPS) is 17.4. The van der Waals surface area contributed by atoms with Gasteiger partial charge < -0.3 is 9.47 Å². The molecule has 1 saturated heterocycles. The first-order chi connectivity index (χ1) is 16.2. The van der Waals surface area contributed by atoms with Crippen molar-refractivity contribution in [2.75, 3.05) is 24.5 Å². The molecule has 3 aromatic heterocycles. The molecular weight excluding hydrogens is 482 g/mol. The van der Waals surface area contributed by atoms with Gasteiger partial charge in [0.2, 0.25) is 16.0 Å². The van der Waals surface area contributed by atoms with Crippen molar-refractivity contribution in [3.63, 3.8) is 0 Å². The van der Waals surface area contributed by atoms with Crippen LogP contribution in [0.25, 0.3) is 11.2 Å². The summed E-state index contributed by atoms with van der Waals surface area (Å²) in [4.78, 5) is 40.2. The Kier molecular flexibility index (Phi) is 5.90. The number of aromatic nitrogens is 5. The molecule has 2 fully saturated rings. The number of fused-ring (bicyclic) bond motifs is 1. The van der Waals surface area contributed by atoms with E-state index in [0.717, 1.165) is 12.8 Å². The van der Waals surface area contributed by atoms with E-state index in [4.69, 9.17) is 11.6 Å². The van der Waals surface area contributed by atoms with Crippen molar-refractivity contribution in [1.82, 2.24) is 28.8 Å². The molecule has 0 atom stereocenters. The zero-order chi connectivity index (χ0) is 24.0. The molecule has 4 heterocycles. The van der Waals surface area contributed by atoms with Gasteiger partial charge in [-0.1, -0.05) is 11.6 Å². The van der Waals surface area contributed by atoms with Gasteiger partial charge in [0.1, 0.15) is 4.90 Å². The van der Waals surface area contributed by atoms with Gasteiger partial charge >= 0.3 is 11.1 Å². The zero-order valence-corrected chi connectivity index (χ0v) is 20.1. The Balaban J connectivity index is 1.33. The fourth-order valence-corrected chi connectivity index (χ4v) is 5.37. The Hall–Kier alpha value is -2.83. The summed E-state index contributed by atoms with van der Waals surface area (Å²) in [5, 5.41) is 0.382. The third-order valence-corrected chi connectivity index (χ3v) is 7.99. The van der Waals surface area contributed by atoms with Crippen molar-refractivity contribution in [1.29, 1.82) is 0 Å². The quantitative estimate of drug-likeness (QED) is 0.492. The highest BCUT2D eigenvalue weighted by Crippen LogP contribution is 2.28. The van der Waals surface area contributed by atoms with Crippen LogP contribution in [-0.4, -0.2) is 52.1 Å². The Morgan fingerprint density at radius 3 is 2.35 bits per heavy atom. The number of hydrogen-bond acceptors (Lipinski definition) is 8. The monoisotopic (exact) mass is 505 g/mol. The summed E-state index contributed by atoms with van der Waals surface area (Å²) in [5.74, 6) is 0.851. The maximum atomic E-state index is 12.8. The number of nitrogens with zero attached hydrogens (tertiary/aromatic N) is 6. The molecule has 2 aliphatic rings. The standard InChI is InChI=1S/C21H24ClN7O4S/c1-27-17-8-14(22)10-23-18(17)29(20(31)19(27)30)15-4-6-28(7-5-15)21-24-11-16(12-25-21)34(32,33)26-9-13-2-3-13/h8,10-13,15,26H,2-7,9H2,1H3. The number of sulfonamides is 1. The molecule has 0 bridgehead atoms. The molecule has 1 N–H and O–H groups in total. The average Bonchev–Trinajstić information content (AvgIpc) is 3.67. The highest BCUT2D eigenvalue weighted by Gasteiger charge is 2.27. The van der Waals surface area contributed by atoms with Gasteiger partial charge in [-0.15, -0.1) is 0 Å². The van der Waals surface area contributed by atoms with Gasteiger partial charge in [-0.3, -0.25) is 14.2 Å². The maximum Gasteiger partial charge on any atom is 0.318 e. The molecule has 1 saturated carbocycles. The summed E-state index contributed by atoms with van der Waals surface area (Å²) in [6, 6.07) is 1.40. The third-order valence-electron chi connectivity index (χ3n) is 6.41. The molecule has 13 heteroatoms. The number of piperidine rings is 1. The van der Waals surface area contributed by atoms with Gasteiger partial charge in [-0.25, -0.2) is 28.1 Å². The molecule has 0 amide bonds. The van der Waals surface area contributed by atoms with Crippen molar-refractivity contribution >= 4 is 38.7 Å². The molecule has 5 rings (SSSR count).